The van der Waals surface area contributed by atoms with Crippen LogP contribution in [0.5, 0.6) is 0 Å². The third-order valence-corrected chi connectivity index (χ3v) is 8.88. The number of aliphatic hydroxyl groups excluding tert-OH is 2. The molecular formula is C40H82N2O4. The van der Waals surface area contributed by atoms with Gasteiger partial charge in [0, 0.05) is 25.9 Å². The largest absolute Gasteiger partial charge is 0.395 e. The maximum atomic E-state index is 11.3. The lowest BCUT2D eigenvalue weighted by Crippen LogP contribution is -2.25. The van der Waals surface area contributed by atoms with Crippen molar-refractivity contribution in [3.63, 3.8) is 0 Å². The van der Waals surface area contributed by atoms with Crippen LogP contribution in [-0.4, -0.2) is 48.3 Å². The van der Waals surface area contributed by atoms with Gasteiger partial charge in [0.1, 0.15) is 0 Å². The summed E-state index contributed by atoms with van der Waals surface area (Å²) in [6, 6.07) is 0. The van der Waals surface area contributed by atoms with Gasteiger partial charge in [-0.15, -0.1) is 0 Å². The molecule has 0 aromatic heterocycles. The maximum Gasteiger partial charge on any atom is 0.220 e. The van der Waals surface area contributed by atoms with Crippen molar-refractivity contribution in [2.45, 2.75) is 219 Å². The highest BCUT2D eigenvalue weighted by molar-refractivity contribution is 5.76. The Labute approximate surface area is 287 Å². The van der Waals surface area contributed by atoms with Crippen LogP contribution in [0.15, 0.2) is 0 Å². The summed E-state index contributed by atoms with van der Waals surface area (Å²) < 4.78 is 0. The van der Waals surface area contributed by atoms with Gasteiger partial charge in [-0.25, -0.2) is 0 Å². The van der Waals surface area contributed by atoms with Crippen LogP contribution in [0.25, 0.3) is 0 Å². The summed E-state index contributed by atoms with van der Waals surface area (Å²) in [6.45, 7) is 5.39. The highest BCUT2D eigenvalue weighted by atomic mass is 16.3. The minimum atomic E-state index is 0.0323. The Balaban J connectivity index is 0. The molecule has 0 aromatic carbocycles. The van der Waals surface area contributed by atoms with E-state index in [1.54, 1.807) is 0 Å². The van der Waals surface area contributed by atoms with E-state index >= 15 is 0 Å². The molecule has 0 radical (unpaired) electrons. The second-order valence-corrected chi connectivity index (χ2v) is 13.5. The van der Waals surface area contributed by atoms with Crippen molar-refractivity contribution in [3.05, 3.63) is 0 Å². The molecule has 0 rings (SSSR count). The third-order valence-electron chi connectivity index (χ3n) is 8.88. The molecule has 0 saturated carbocycles. The number of unbranched alkanes of at least 4 members (excludes halogenated alkanes) is 28. The van der Waals surface area contributed by atoms with Crippen LogP contribution in [-0.2, 0) is 9.59 Å². The van der Waals surface area contributed by atoms with E-state index in [4.69, 9.17) is 10.2 Å². The predicted octanol–water partition coefficient (Wildman–Crippen LogP) is 10.7. The lowest BCUT2D eigenvalue weighted by Gasteiger charge is -2.04. The lowest BCUT2D eigenvalue weighted by atomic mass is 10.0. The minimum absolute atomic E-state index is 0.0323. The molecule has 0 fully saturated rings. The lowest BCUT2D eigenvalue weighted by molar-refractivity contribution is -0.122. The second kappa shape index (κ2) is 43.9. The molecule has 0 saturated heterocycles. The minimum Gasteiger partial charge on any atom is -0.395 e. The van der Waals surface area contributed by atoms with Crippen molar-refractivity contribution in [2.75, 3.05) is 26.3 Å². The Hall–Kier alpha value is -1.14. The Kier molecular flexibility index (Phi) is 44.8. The second-order valence-electron chi connectivity index (χ2n) is 13.5. The fourth-order valence-corrected chi connectivity index (χ4v) is 5.88. The molecule has 0 aliphatic rings. The highest BCUT2D eigenvalue weighted by Gasteiger charge is 2.01. The topological polar surface area (TPSA) is 98.7 Å². The Bertz CT molecular complexity index is 538. The Morgan fingerprint density at radius 2 is 0.543 bits per heavy atom. The summed E-state index contributed by atoms with van der Waals surface area (Å²) in [5, 5.41) is 22.6. The van der Waals surface area contributed by atoms with Crippen LogP contribution in [0.1, 0.15) is 219 Å². The summed E-state index contributed by atoms with van der Waals surface area (Å²) in [7, 11) is 0. The van der Waals surface area contributed by atoms with E-state index in [0.717, 1.165) is 25.7 Å². The molecule has 0 spiro atoms. The van der Waals surface area contributed by atoms with Crippen LogP contribution in [0.3, 0.4) is 0 Å². The number of rotatable bonds is 36. The molecule has 0 aromatic rings. The van der Waals surface area contributed by atoms with Gasteiger partial charge in [-0.05, 0) is 12.8 Å². The first kappa shape index (κ1) is 47.0. The quantitative estimate of drug-likeness (QED) is 0.0505. The number of aliphatic hydroxyl groups is 2. The SMILES string of the molecule is CCCCCCCCCCCCCCCCCC(=O)NCCO.CCCCCCCCCCCCCCCCCC(=O)NCCO. The van der Waals surface area contributed by atoms with Gasteiger partial charge in [0.25, 0.3) is 0 Å². The zero-order valence-electron chi connectivity index (χ0n) is 31.2. The predicted molar refractivity (Wildman–Crippen MR) is 199 cm³/mol. The molecular weight excluding hydrogens is 572 g/mol. The van der Waals surface area contributed by atoms with Crippen molar-refractivity contribution in [2.24, 2.45) is 0 Å². The fourth-order valence-electron chi connectivity index (χ4n) is 5.88. The third kappa shape index (κ3) is 45.0. The van der Waals surface area contributed by atoms with Crippen LogP contribution < -0.4 is 10.6 Å². The first-order valence-corrected chi connectivity index (χ1v) is 20.4. The Morgan fingerprint density at radius 1 is 0.348 bits per heavy atom. The summed E-state index contributed by atoms with van der Waals surface area (Å²) >= 11 is 0. The zero-order valence-corrected chi connectivity index (χ0v) is 31.2. The average molecular weight is 655 g/mol. The number of carbonyl (C=O) groups excluding carboxylic acids is 2. The molecule has 46 heavy (non-hydrogen) atoms. The molecule has 0 bridgehead atoms. The first-order chi connectivity index (χ1) is 22.6. The summed E-state index contributed by atoms with van der Waals surface area (Å²) in [5.41, 5.74) is 0. The first-order valence-electron chi connectivity index (χ1n) is 20.4. The molecule has 6 heteroatoms. The fraction of sp³-hybridized carbons (Fsp3) is 0.950. The van der Waals surface area contributed by atoms with Crippen molar-refractivity contribution in [1.29, 1.82) is 0 Å². The Morgan fingerprint density at radius 3 is 0.739 bits per heavy atom. The smallest absolute Gasteiger partial charge is 0.220 e. The summed E-state index contributed by atoms with van der Waals surface area (Å²) in [5.74, 6) is 0.155. The molecule has 0 aliphatic carbocycles. The van der Waals surface area contributed by atoms with Gasteiger partial charge in [0.2, 0.25) is 11.8 Å². The van der Waals surface area contributed by atoms with E-state index in [1.165, 1.54) is 167 Å². The van der Waals surface area contributed by atoms with E-state index in [9.17, 15) is 9.59 Å². The molecule has 0 atom stereocenters. The van der Waals surface area contributed by atoms with Crippen LogP contribution in [0.2, 0.25) is 0 Å². The molecule has 276 valence electrons. The maximum absolute atomic E-state index is 11.3. The van der Waals surface area contributed by atoms with E-state index in [0.29, 0.717) is 25.9 Å². The normalized spacial score (nSPS) is 10.9. The molecule has 0 aliphatic heterocycles. The van der Waals surface area contributed by atoms with Gasteiger partial charge >= 0.3 is 0 Å². The van der Waals surface area contributed by atoms with Crippen molar-refractivity contribution in [3.8, 4) is 0 Å². The van der Waals surface area contributed by atoms with Crippen LogP contribution in [0.4, 0.5) is 0 Å². The van der Waals surface area contributed by atoms with E-state index in [1.807, 2.05) is 0 Å². The molecule has 2 amide bonds. The molecule has 0 heterocycles. The average Bonchev–Trinajstić information content (AvgIpc) is 3.06. The van der Waals surface area contributed by atoms with Gasteiger partial charge in [0.05, 0.1) is 13.2 Å². The monoisotopic (exact) mass is 655 g/mol. The van der Waals surface area contributed by atoms with Gasteiger partial charge < -0.3 is 20.8 Å². The van der Waals surface area contributed by atoms with Crippen LogP contribution in [0, 0.1) is 0 Å². The van der Waals surface area contributed by atoms with Gasteiger partial charge in [-0.3, -0.25) is 9.59 Å². The van der Waals surface area contributed by atoms with E-state index in [-0.39, 0.29) is 25.0 Å². The van der Waals surface area contributed by atoms with Gasteiger partial charge in [-0.1, -0.05) is 194 Å². The van der Waals surface area contributed by atoms with Crippen LogP contribution >= 0.6 is 0 Å². The molecule has 4 N–H and O–H groups in total. The summed E-state index contributed by atoms with van der Waals surface area (Å²) in [4.78, 5) is 22.6. The highest BCUT2D eigenvalue weighted by Crippen LogP contribution is 2.15. The van der Waals surface area contributed by atoms with Crippen molar-refractivity contribution >= 4 is 11.8 Å². The van der Waals surface area contributed by atoms with E-state index in [2.05, 4.69) is 24.5 Å². The van der Waals surface area contributed by atoms with Crippen molar-refractivity contribution < 1.29 is 19.8 Å². The molecule has 6 nitrogen and oxygen atoms in total. The number of carbonyl (C=O) groups is 2. The van der Waals surface area contributed by atoms with Crippen molar-refractivity contribution in [1.82, 2.24) is 10.6 Å². The number of nitrogens with one attached hydrogen (secondary N) is 2. The zero-order chi connectivity index (χ0) is 34.0. The van der Waals surface area contributed by atoms with E-state index < -0.39 is 0 Å². The standard InChI is InChI=1S/2C20H41NO2/c2*1-2-3-4-5-6-7-8-9-10-11-12-13-14-15-16-17-20(23)21-18-19-22/h2*22H,2-19H2,1H3,(H,21,23). The summed E-state index contributed by atoms with van der Waals surface area (Å²) in [6.07, 6.45) is 41.6. The number of hydrogen-bond donors (Lipinski definition) is 4. The number of amides is 2. The van der Waals surface area contributed by atoms with Gasteiger partial charge in [0.15, 0.2) is 0 Å². The number of hydrogen-bond acceptors (Lipinski definition) is 4. The van der Waals surface area contributed by atoms with Gasteiger partial charge in [-0.2, -0.15) is 0 Å². The molecule has 0 unspecified atom stereocenters.